The monoisotopic (exact) mass is 284 g/mol. The van der Waals surface area contributed by atoms with Gasteiger partial charge in [-0.25, -0.2) is 0 Å². The molecule has 0 spiro atoms. The summed E-state index contributed by atoms with van der Waals surface area (Å²) >= 11 is 0. The van der Waals surface area contributed by atoms with Gasteiger partial charge in [0.15, 0.2) is 0 Å². The molecule has 90 valence electrons. The van der Waals surface area contributed by atoms with Gasteiger partial charge in [0, 0.05) is 11.1 Å². The zero-order valence-electron chi connectivity index (χ0n) is 10.4. The van der Waals surface area contributed by atoms with Crippen molar-refractivity contribution < 1.29 is 64.3 Å². The van der Waals surface area contributed by atoms with Gasteiger partial charge in [-0.05, 0) is 18.2 Å². The Morgan fingerprint density at radius 2 is 1.32 bits per heavy atom. The first-order chi connectivity index (χ1) is 8.55. The van der Waals surface area contributed by atoms with Crippen molar-refractivity contribution in [1.29, 1.82) is 0 Å². The van der Waals surface area contributed by atoms with E-state index in [4.69, 9.17) is 0 Å². The van der Waals surface area contributed by atoms with Gasteiger partial charge in [0.05, 0.1) is 0 Å². The van der Waals surface area contributed by atoms with E-state index in [0.717, 1.165) is 17.7 Å². The van der Waals surface area contributed by atoms with Crippen molar-refractivity contribution in [2.75, 3.05) is 0 Å². The molecule has 0 aromatic heterocycles. The number of halogens is 3. The van der Waals surface area contributed by atoms with Gasteiger partial charge < -0.3 is 12.9 Å². The summed E-state index contributed by atoms with van der Waals surface area (Å²) in [5, 5.41) is 0. The molecule has 0 aliphatic heterocycles. The van der Waals surface area contributed by atoms with E-state index in [-0.39, 0.29) is 51.4 Å². The topological polar surface area (TPSA) is 0 Å². The van der Waals surface area contributed by atoms with Gasteiger partial charge >= 0.3 is 58.4 Å². The summed E-state index contributed by atoms with van der Waals surface area (Å²) in [6.45, 7) is -4.96. The number of hydrogen-bond acceptors (Lipinski definition) is 0. The summed E-state index contributed by atoms with van der Waals surface area (Å²) in [5.41, 5.74) is 0.533. The molecule has 0 N–H and O–H groups in total. The van der Waals surface area contributed by atoms with Gasteiger partial charge in [0.2, 0.25) is 0 Å². The van der Waals surface area contributed by atoms with Gasteiger partial charge in [0.25, 0.3) is 0 Å². The second kappa shape index (κ2) is 7.32. The van der Waals surface area contributed by atoms with Crippen molar-refractivity contribution >= 4 is 12.4 Å². The van der Waals surface area contributed by atoms with Crippen LogP contribution in [0.2, 0.25) is 0 Å². The molecule has 0 saturated carbocycles. The van der Waals surface area contributed by atoms with E-state index in [1.165, 1.54) is 6.07 Å². The standard InChI is InChI=1S/C14H9BF3.K/c16-15(17,18)14-8-4-7-13(11-14)10-9-12-5-2-1-3-6-12;/h1-8,11H;/q-1;+1. The molecule has 2 aromatic rings. The minimum absolute atomic E-state index is 0. The maximum absolute atomic E-state index is 12.5. The van der Waals surface area contributed by atoms with Gasteiger partial charge in [-0.2, -0.15) is 0 Å². The van der Waals surface area contributed by atoms with Crippen LogP contribution in [0.5, 0.6) is 0 Å². The smallest absolute Gasteiger partial charge is 0.445 e. The van der Waals surface area contributed by atoms with Crippen LogP contribution in [0.15, 0.2) is 54.6 Å². The van der Waals surface area contributed by atoms with Crippen molar-refractivity contribution in [3.63, 3.8) is 0 Å². The molecule has 2 aromatic carbocycles. The molecular formula is C14H9BF3K. The summed E-state index contributed by atoms with van der Waals surface area (Å²) in [7, 11) is 0. The van der Waals surface area contributed by atoms with Crippen LogP contribution >= 0.6 is 0 Å². The first kappa shape index (κ1) is 16.5. The Morgan fingerprint density at radius 3 is 1.95 bits per heavy atom. The first-order valence-electron chi connectivity index (χ1n) is 5.43. The molecule has 0 unspecified atom stereocenters. The Kier molecular flexibility index (Phi) is 6.37. The van der Waals surface area contributed by atoms with Crippen LogP contribution in [0.25, 0.3) is 0 Å². The number of hydrogen-bond donors (Lipinski definition) is 0. The van der Waals surface area contributed by atoms with Gasteiger partial charge in [-0.15, -0.1) is 5.46 Å². The Bertz CT molecular complexity index is 597. The van der Waals surface area contributed by atoms with Crippen LogP contribution in [-0.2, 0) is 0 Å². The number of benzene rings is 2. The normalized spacial score (nSPS) is 10.1. The molecule has 0 aliphatic rings. The summed E-state index contributed by atoms with van der Waals surface area (Å²) < 4.78 is 37.6. The van der Waals surface area contributed by atoms with E-state index < -0.39 is 12.4 Å². The van der Waals surface area contributed by atoms with Crippen LogP contribution in [-0.4, -0.2) is 6.98 Å². The average Bonchev–Trinajstić information content (AvgIpc) is 2.37. The predicted molar refractivity (Wildman–Crippen MR) is 67.6 cm³/mol. The zero-order chi connectivity index (χ0) is 13.0. The SMILES string of the molecule is F[B-](F)(F)c1cccc(C#Cc2ccccc2)c1.[K+]. The maximum atomic E-state index is 12.5. The Hall–Kier alpha value is -0.509. The van der Waals surface area contributed by atoms with E-state index in [9.17, 15) is 12.9 Å². The largest absolute Gasteiger partial charge is 1.00 e. The zero-order valence-corrected chi connectivity index (χ0v) is 13.5. The maximum Gasteiger partial charge on any atom is 1.00 e. The van der Waals surface area contributed by atoms with Crippen LogP contribution in [0, 0.1) is 11.8 Å². The van der Waals surface area contributed by atoms with Crippen LogP contribution in [0.3, 0.4) is 0 Å². The van der Waals surface area contributed by atoms with E-state index >= 15 is 0 Å². The molecule has 19 heavy (non-hydrogen) atoms. The van der Waals surface area contributed by atoms with Crippen LogP contribution < -0.4 is 56.8 Å². The Balaban J connectivity index is 0.00000180. The molecule has 0 radical (unpaired) electrons. The molecule has 0 saturated heterocycles. The fourth-order valence-electron chi connectivity index (χ4n) is 1.49. The van der Waals surface area contributed by atoms with E-state index in [0.29, 0.717) is 5.56 Å². The molecule has 0 fully saturated rings. The number of rotatable bonds is 1. The molecule has 0 atom stereocenters. The third kappa shape index (κ3) is 5.17. The molecule has 0 amide bonds. The fraction of sp³-hybridized carbons (Fsp3) is 0. The Labute approximate surface area is 152 Å². The van der Waals surface area contributed by atoms with Crippen molar-refractivity contribution in [3.8, 4) is 11.8 Å². The summed E-state index contributed by atoms with van der Waals surface area (Å²) in [6.07, 6.45) is 0. The molecular weight excluding hydrogens is 275 g/mol. The molecule has 0 aliphatic carbocycles. The minimum atomic E-state index is -4.96. The van der Waals surface area contributed by atoms with Crippen LogP contribution in [0.4, 0.5) is 12.9 Å². The van der Waals surface area contributed by atoms with Crippen molar-refractivity contribution in [1.82, 2.24) is 0 Å². The molecule has 2 rings (SSSR count). The van der Waals surface area contributed by atoms with Crippen molar-refractivity contribution in [3.05, 3.63) is 65.7 Å². The molecule has 0 nitrogen and oxygen atoms in total. The quantitative estimate of drug-likeness (QED) is 0.516. The van der Waals surface area contributed by atoms with Crippen molar-refractivity contribution in [2.24, 2.45) is 0 Å². The second-order valence-electron chi connectivity index (χ2n) is 3.82. The third-order valence-electron chi connectivity index (χ3n) is 2.39. The average molecular weight is 284 g/mol. The van der Waals surface area contributed by atoms with Gasteiger partial charge in [-0.1, -0.05) is 48.2 Å². The Morgan fingerprint density at radius 1 is 0.737 bits per heavy atom. The molecule has 0 heterocycles. The van der Waals surface area contributed by atoms with Crippen LogP contribution in [0.1, 0.15) is 11.1 Å². The summed E-state index contributed by atoms with van der Waals surface area (Å²) in [4.78, 5) is 0. The van der Waals surface area contributed by atoms with E-state index in [1.54, 1.807) is 6.07 Å². The van der Waals surface area contributed by atoms with E-state index in [2.05, 4.69) is 11.8 Å². The second-order valence-corrected chi connectivity index (χ2v) is 3.82. The summed E-state index contributed by atoms with van der Waals surface area (Å²) in [6, 6.07) is 14.2. The minimum Gasteiger partial charge on any atom is -0.445 e. The summed E-state index contributed by atoms with van der Waals surface area (Å²) in [5.74, 6) is 5.56. The molecule has 0 bridgehead atoms. The van der Waals surface area contributed by atoms with Crippen molar-refractivity contribution in [2.45, 2.75) is 0 Å². The van der Waals surface area contributed by atoms with Gasteiger partial charge in [0.1, 0.15) is 0 Å². The predicted octanol–water partition coefficient (Wildman–Crippen LogP) is 0.145. The van der Waals surface area contributed by atoms with Gasteiger partial charge in [-0.3, -0.25) is 0 Å². The first-order valence-corrected chi connectivity index (χ1v) is 5.43. The fourth-order valence-corrected chi connectivity index (χ4v) is 1.49. The molecule has 5 heteroatoms. The van der Waals surface area contributed by atoms with E-state index in [1.807, 2.05) is 30.3 Å². The third-order valence-corrected chi connectivity index (χ3v) is 2.39.